The van der Waals surface area contributed by atoms with Gasteiger partial charge in [0.2, 0.25) is 6.79 Å². The predicted octanol–water partition coefficient (Wildman–Crippen LogP) is 1.75. The quantitative estimate of drug-likeness (QED) is 0.851. The first-order chi connectivity index (χ1) is 10.7. The molecule has 0 saturated carbocycles. The number of aromatic nitrogens is 2. The van der Waals surface area contributed by atoms with Gasteiger partial charge in [-0.05, 0) is 37.1 Å². The second-order valence-corrected chi connectivity index (χ2v) is 5.54. The number of aryl methyl sites for hydroxylation is 2. The Hall–Kier alpha value is -2.05. The second-order valence-electron chi connectivity index (χ2n) is 5.54. The fraction of sp³-hybridized carbons (Fsp3) is 0.438. The maximum absolute atomic E-state index is 9.32. The van der Waals surface area contributed by atoms with Crippen molar-refractivity contribution in [2.45, 2.75) is 26.9 Å². The number of benzene rings is 1. The Kier molecular flexibility index (Phi) is 4.31. The lowest BCUT2D eigenvalue weighted by Crippen LogP contribution is -2.27. The van der Waals surface area contributed by atoms with Crippen molar-refractivity contribution in [3.05, 3.63) is 41.0 Å². The molecule has 0 amide bonds. The number of H-pyrrole nitrogens is 1. The van der Waals surface area contributed by atoms with Crippen molar-refractivity contribution >= 4 is 0 Å². The Bertz CT molecular complexity index is 654. The van der Waals surface area contributed by atoms with Crippen molar-refractivity contribution < 1.29 is 14.6 Å². The van der Waals surface area contributed by atoms with E-state index in [1.54, 1.807) is 6.33 Å². The first-order valence-electron chi connectivity index (χ1n) is 7.38. The molecular weight excluding hydrogens is 282 g/mol. The molecule has 2 aromatic rings. The molecule has 22 heavy (non-hydrogen) atoms. The number of imidazole rings is 1. The minimum atomic E-state index is 0.118. The van der Waals surface area contributed by atoms with Gasteiger partial charge in [0, 0.05) is 25.3 Å². The van der Waals surface area contributed by atoms with Crippen LogP contribution < -0.4 is 9.47 Å². The molecule has 6 nitrogen and oxygen atoms in total. The fourth-order valence-electron chi connectivity index (χ4n) is 2.61. The molecule has 0 bridgehead atoms. The highest BCUT2D eigenvalue weighted by Crippen LogP contribution is 2.35. The lowest BCUT2D eigenvalue weighted by Gasteiger charge is -2.22. The normalized spacial score (nSPS) is 13.1. The molecule has 1 aromatic heterocycles. The average Bonchev–Trinajstić information content (AvgIpc) is 3.09. The van der Waals surface area contributed by atoms with Crippen molar-refractivity contribution in [1.82, 2.24) is 14.9 Å². The Balaban J connectivity index is 1.77. The first kappa shape index (κ1) is 14.9. The molecule has 3 rings (SSSR count). The lowest BCUT2D eigenvalue weighted by atomic mass is 10.1. The number of ether oxygens (including phenoxy) is 2. The number of rotatable bonds is 6. The molecule has 0 spiro atoms. The van der Waals surface area contributed by atoms with Crippen molar-refractivity contribution in [1.29, 1.82) is 0 Å². The van der Waals surface area contributed by atoms with Crippen LogP contribution in [0.3, 0.4) is 0 Å². The van der Waals surface area contributed by atoms with Gasteiger partial charge in [0.05, 0.1) is 18.6 Å². The van der Waals surface area contributed by atoms with Crippen molar-refractivity contribution in [3.63, 3.8) is 0 Å². The average molecular weight is 303 g/mol. The zero-order valence-corrected chi connectivity index (χ0v) is 12.9. The number of nitrogens with one attached hydrogen (secondary N) is 1. The van der Waals surface area contributed by atoms with Crippen molar-refractivity contribution in [3.8, 4) is 11.5 Å². The molecule has 2 heterocycles. The standard InChI is InChI=1S/C16H21N3O3/c1-11-5-15-16(22-10-21-15)6-13(11)7-19(3-4-20)8-14-12(2)17-9-18-14/h5-6,9,20H,3-4,7-8,10H2,1-2H3,(H,17,18). The van der Waals surface area contributed by atoms with E-state index >= 15 is 0 Å². The van der Waals surface area contributed by atoms with E-state index in [0.29, 0.717) is 13.1 Å². The van der Waals surface area contributed by atoms with E-state index in [1.807, 2.05) is 19.1 Å². The smallest absolute Gasteiger partial charge is 0.231 e. The van der Waals surface area contributed by atoms with E-state index in [1.165, 1.54) is 5.56 Å². The summed E-state index contributed by atoms with van der Waals surface area (Å²) in [6, 6.07) is 4.04. The summed E-state index contributed by atoms with van der Waals surface area (Å²) >= 11 is 0. The molecule has 6 heteroatoms. The number of hydrogen-bond acceptors (Lipinski definition) is 5. The van der Waals surface area contributed by atoms with Crippen molar-refractivity contribution in [2.75, 3.05) is 19.9 Å². The highest BCUT2D eigenvalue weighted by Gasteiger charge is 2.17. The Morgan fingerprint density at radius 1 is 1.23 bits per heavy atom. The molecule has 1 aliphatic rings. The summed E-state index contributed by atoms with van der Waals surface area (Å²) in [5.41, 5.74) is 4.40. The van der Waals surface area contributed by atoms with Crippen LogP contribution in [0.15, 0.2) is 18.5 Å². The van der Waals surface area contributed by atoms with Crippen molar-refractivity contribution in [2.24, 2.45) is 0 Å². The first-order valence-corrected chi connectivity index (χ1v) is 7.38. The van der Waals surface area contributed by atoms with Gasteiger partial charge < -0.3 is 19.6 Å². The fourth-order valence-corrected chi connectivity index (χ4v) is 2.61. The van der Waals surface area contributed by atoms with Gasteiger partial charge in [-0.25, -0.2) is 4.98 Å². The van der Waals surface area contributed by atoms with Gasteiger partial charge in [-0.2, -0.15) is 0 Å². The molecule has 0 radical (unpaired) electrons. The summed E-state index contributed by atoms with van der Waals surface area (Å²) < 4.78 is 10.9. The van der Waals surface area contributed by atoms with Crippen LogP contribution in [0.1, 0.15) is 22.5 Å². The maximum atomic E-state index is 9.32. The van der Waals surface area contributed by atoms with Crippen LogP contribution in [0, 0.1) is 13.8 Å². The maximum Gasteiger partial charge on any atom is 0.231 e. The third-order valence-electron chi connectivity index (χ3n) is 3.95. The molecule has 1 aromatic carbocycles. The van der Waals surface area contributed by atoms with Gasteiger partial charge in [0.1, 0.15) is 0 Å². The van der Waals surface area contributed by atoms with Crippen LogP contribution in [0.25, 0.3) is 0 Å². The molecule has 118 valence electrons. The minimum absolute atomic E-state index is 0.118. The summed E-state index contributed by atoms with van der Waals surface area (Å²) in [6.45, 7) is 6.50. The topological polar surface area (TPSA) is 70.6 Å². The molecule has 0 saturated heterocycles. The predicted molar refractivity (Wildman–Crippen MR) is 81.8 cm³/mol. The van der Waals surface area contributed by atoms with Crippen LogP contribution in [-0.2, 0) is 13.1 Å². The van der Waals surface area contributed by atoms with Crippen LogP contribution >= 0.6 is 0 Å². The summed E-state index contributed by atoms with van der Waals surface area (Å²) in [4.78, 5) is 9.60. The zero-order valence-electron chi connectivity index (χ0n) is 12.9. The molecule has 2 N–H and O–H groups in total. The van der Waals surface area contributed by atoms with E-state index in [-0.39, 0.29) is 13.4 Å². The number of nitrogens with zero attached hydrogens (tertiary/aromatic N) is 2. The highest BCUT2D eigenvalue weighted by atomic mass is 16.7. The van der Waals surface area contributed by atoms with E-state index in [9.17, 15) is 5.11 Å². The van der Waals surface area contributed by atoms with Crippen LogP contribution in [0.2, 0.25) is 0 Å². The van der Waals surface area contributed by atoms with Gasteiger partial charge in [0.15, 0.2) is 11.5 Å². The summed E-state index contributed by atoms with van der Waals surface area (Å²) in [6.07, 6.45) is 1.70. The van der Waals surface area contributed by atoms with E-state index in [0.717, 1.165) is 35.0 Å². The number of aromatic amines is 1. The second kappa shape index (κ2) is 6.37. The number of hydrogen-bond donors (Lipinski definition) is 2. The number of aliphatic hydroxyl groups is 1. The van der Waals surface area contributed by atoms with E-state index in [4.69, 9.17) is 9.47 Å². The van der Waals surface area contributed by atoms with Gasteiger partial charge in [-0.3, -0.25) is 4.90 Å². The largest absolute Gasteiger partial charge is 0.454 e. The van der Waals surface area contributed by atoms with Gasteiger partial charge in [-0.15, -0.1) is 0 Å². The summed E-state index contributed by atoms with van der Waals surface area (Å²) in [5, 5.41) is 9.32. The Morgan fingerprint density at radius 2 is 2.00 bits per heavy atom. The molecule has 1 aliphatic heterocycles. The molecular formula is C16H21N3O3. The summed E-state index contributed by atoms with van der Waals surface area (Å²) in [7, 11) is 0. The minimum Gasteiger partial charge on any atom is -0.454 e. The summed E-state index contributed by atoms with van der Waals surface area (Å²) in [5.74, 6) is 1.60. The third-order valence-corrected chi connectivity index (χ3v) is 3.95. The Morgan fingerprint density at radius 3 is 2.68 bits per heavy atom. The Labute approximate surface area is 129 Å². The SMILES string of the molecule is Cc1cc2c(cc1CN(CCO)Cc1nc[nH]c1C)OCO2. The molecule has 0 atom stereocenters. The van der Waals surface area contributed by atoms with E-state index < -0.39 is 0 Å². The zero-order chi connectivity index (χ0) is 15.5. The van der Waals surface area contributed by atoms with Gasteiger partial charge in [-0.1, -0.05) is 0 Å². The van der Waals surface area contributed by atoms with E-state index in [2.05, 4.69) is 21.8 Å². The number of fused-ring (bicyclic) bond motifs is 1. The number of aliphatic hydroxyl groups excluding tert-OH is 1. The molecule has 0 aliphatic carbocycles. The van der Waals surface area contributed by atoms with Crippen LogP contribution in [-0.4, -0.2) is 39.9 Å². The monoisotopic (exact) mass is 303 g/mol. The van der Waals surface area contributed by atoms with Gasteiger partial charge in [0.25, 0.3) is 0 Å². The van der Waals surface area contributed by atoms with Crippen LogP contribution in [0.5, 0.6) is 11.5 Å². The highest BCUT2D eigenvalue weighted by molar-refractivity contribution is 5.48. The molecule has 0 fully saturated rings. The lowest BCUT2D eigenvalue weighted by molar-refractivity contribution is 0.173. The third kappa shape index (κ3) is 3.08. The van der Waals surface area contributed by atoms with Crippen LogP contribution in [0.4, 0.5) is 0 Å². The van der Waals surface area contributed by atoms with Gasteiger partial charge >= 0.3 is 0 Å². The molecule has 0 unspecified atom stereocenters.